The highest BCUT2D eigenvalue weighted by Gasteiger charge is 2.37. The molecule has 0 bridgehead atoms. The van der Waals surface area contributed by atoms with Gasteiger partial charge >= 0.3 is 0 Å². The smallest absolute Gasteiger partial charge is 0.225 e. The topological polar surface area (TPSA) is 69.7 Å². The predicted molar refractivity (Wildman–Crippen MR) is 112 cm³/mol. The molecule has 158 valence electrons. The summed E-state index contributed by atoms with van der Waals surface area (Å²) in [6.45, 7) is 5.97. The summed E-state index contributed by atoms with van der Waals surface area (Å²) in [5.41, 5.74) is 1.09. The van der Waals surface area contributed by atoms with Crippen molar-refractivity contribution >= 4 is 17.7 Å². The van der Waals surface area contributed by atoms with Gasteiger partial charge in [-0.3, -0.25) is 14.4 Å². The van der Waals surface area contributed by atoms with E-state index in [-0.39, 0.29) is 42.1 Å². The van der Waals surface area contributed by atoms with E-state index in [0.717, 1.165) is 31.2 Å². The molecule has 1 N–H and O–H groups in total. The van der Waals surface area contributed by atoms with Crippen molar-refractivity contribution < 1.29 is 14.4 Å². The molecule has 6 heteroatoms. The van der Waals surface area contributed by atoms with E-state index < -0.39 is 0 Å². The summed E-state index contributed by atoms with van der Waals surface area (Å²) in [5.74, 6) is -0.0591. The Morgan fingerprint density at radius 3 is 2.52 bits per heavy atom. The summed E-state index contributed by atoms with van der Waals surface area (Å²) >= 11 is 0. The third-order valence-electron chi connectivity index (χ3n) is 6.22. The zero-order chi connectivity index (χ0) is 20.8. The summed E-state index contributed by atoms with van der Waals surface area (Å²) in [7, 11) is 0. The van der Waals surface area contributed by atoms with Gasteiger partial charge in [0.2, 0.25) is 17.7 Å². The van der Waals surface area contributed by atoms with Crippen LogP contribution in [0, 0.1) is 5.92 Å². The number of rotatable bonds is 7. The van der Waals surface area contributed by atoms with Crippen molar-refractivity contribution in [3.63, 3.8) is 0 Å². The quantitative estimate of drug-likeness (QED) is 0.766. The first-order valence-electron chi connectivity index (χ1n) is 10.9. The molecule has 29 heavy (non-hydrogen) atoms. The van der Waals surface area contributed by atoms with Crippen molar-refractivity contribution in [1.29, 1.82) is 0 Å². The van der Waals surface area contributed by atoms with Crippen molar-refractivity contribution in [2.45, 2.75) is 64.5 Å². The van der Waals surface area contributed by atoms with E-state index in [2.05, 4.69) is 12.2 Å². The number of piperidine rings is 1. The average molecular weight is 400 g/mol. The molecule has 0 aliphatic carbocycles. The summed E-state index contributed by atoms with van der Waals surface area (Å²) in [4.78, 5) is 41.1. The van der Waals surface area contributed by atoms with E-state index >= 15 is 0 Å². The molecule has 0 radical (unpaired) electrons. The SMILES string of the molecule is CCCCC(=O)N1CCC(NC(=O)C2CC(=O)N(C(C)c3ccccc3)C2)CC1. The summed E-state index contributed by atoms with van der Waals surface area (Å²) in [6.07, 6.45) is 4.43. The number of nitrogens with one attached hydrogen (secondary N) is 1. The molecule has 3 amide bonds. The molecule has 3 rings (SSSR count). The second-order valence-electron chi connectivity index (χ2n) is 8.30. The fraction of sp³-hybridized carbons (Fsp3) is 0.609. The Kier molecular flexibility index (Phi) is 7.29. The van der Waals surface area contributed by atoms with Gasteiger partial charge in [-0.05, 0) is 31.7 Å². The third-order valence-corrected chi connectivity index (χ3v) is 6.22. The van der Waals surface area contributed by atoms with Crippen LogP contribution in [0.2, 0.25) is 0 Å². The maximum absolute atomic E-state index is 12.7. The number of carbonyl (C=O) groups is 3. The molecule has 2 aliphatic rings. The Morgan fingerprint density at radius 2 is 1.86 bits per heavy atom. The van der Waals surface area contributed by atoms with Crippen LogP contribution in [0.1, 0.15) is 64.0 Å². The summed E-state index contributed by atoms with van der Waals surface area (Å²) in [6, 6.07) is 9.99. The first kappa shape index (κ1) is 21.3. The molecule has 1 aromatic carbocycles. The van der Waals surface area contributed by atoms with E-state index in [1.54, 1.807) is 0 Å². The molecule has 2 unspecified atom stereocenters. The van der Waals surface area contributed by atoms with E-state index in [1.165, 1.54) is 0 Å². The number of benzene rings is 1. The lowest BCUT2D eigenvalue weighted by Crippen LogP contribution is -2.48. The molecule has 6 nitrogen and oxygen atoms in total. The number of amides is 3. The highest BCUT2D eigenvalue weighted by Crippen LogP contribution is 2.28. The molecule has 2 heterocycles. The van der Waals surface area contributed by atoms with Crippen LogP contribution in [0.4, 0.5) is 0 Å². The van der Waals surface area contributed by atoms with Gasteiger partial charge in [0.1, 0.15) is 0 Å². The second-order valence-corrected chi connectivity index (χ2v) is 8.30. The van der Waals surface area contributed by atoms with Crippen molar-refractivity contribution in [2.75, 3.05) is 19.6 Å². The highest BCUT2D eigenvalue weighted by atomic mass is 16.2. The van der Waals surface area contributed by atoms with Crippen LogP contribution in [-0.4, -0.2) is 53.2 Å². The maximum atomic E-state index is 12.7. The monoisotopic (exact) mass is 399 g/mol. The zero-order valence-corrected chi connectivity index (χ0v) is 17.6. The fourth-order valence-electron chi connectivity index (χ4n) is 4.27. The zero-order valence-electron chi connectivity index (χ0n) is 17.6. The Balaban J connectivity index is 1.47. The van der Waals surface area contributed by atoms with E-state index in [9.17, 15) is 14.4 Å². The first-order valence-corrected chi connectivity index (χ1v) is 10.9. The van der Waals surface area contributed by atoms with Gasteiger partial charge in [0, 0.05) is 38.5 Å². The summed E-state index contributed by atoms with van der Waals surface area (Å²) in [5, 5.41) is 3.13. The molecular formula is C23H33N3O3. The average Bonchev–Trinajstić information content (AvgIpc) is 3.14. The molecule has 0 saturated carbocycles. The van der Waals surface area contributed by atoms with Gasteiger partial charge in [0.05, 0.1) is 12.0 Å². The van der Waals surface area contributed by atoms with Crippen LogP contribution >= 0.6 is 0 Å². The van der Waals surface area contributed by atoms with Gasteiger partial charge in [-0.2, -0.15) is 0 Å². The predicted octanol–water partition coefficient (Wildman–Crippen LogP) is 2.89. The van der Waals surface area contributed by atoms with Gasteiger partial charge in [0.25, 0.3) is 0 Å². The standard InChI is InChI=1S/C23H33N3O3/c1-3-4-10-21(27)25-13-11-20(12-14-25)24-23(29)19-15-22(28)26(16-19)17(2)18-8-6-5-7-9-18/h5-9,17,19-20H,3-4,10-16H2,1-2H3,(H,24,29). The molecular weight excluding hydrogens is 366 g/mol. The van der Waals surface area contributed by atoms with Crippen LogP contribution in [0.15, 0.2) is 30.3 Å². The van der Waals surface area contributed by atoms with Crippen molar-refractivity contribution in [3.05, 3.63) is 35.9 Å². The molecule has 0 aromatic heterocycles. The largest absolute Gasteiger partial charge is 0.353 e. The number of unbranched alkanes of at least 4 members (excludes halogenated alkanes) is 1. The number of hydrogen-bond donors (Lipinski definition) is 1. The van der Waals surface area contributed by atoms with Gasteiger partial charge in [-0.25, -0.2) is 0 Å². The molecule has 1 aromatic rings. The van der Waals surface area contributed by atoms with Crippen molar-refractivity contribution in [2.24, 2.45) is 5.92 Å². The van der Waals surface area contributed by atoms with Crippen molar-refractivity contribution in [1.82, 2.24) is 15.1 Å². The number of nitrogens with zero attached hydrogens (tertiary/aromatic N) is 2. The Morgan fingerprint density at radius 1 is 1.17 bits per heavy atom. The second kappa shape index (κ2) is 9.90. The van der Waals surface area contributed by atoms with E-state index in [4.69, 9.17) is 0 Å². The van der Waals surface area contributed by atoms with Crippen LogP contribution in [0.25, 0.3) is 0 Å². The van der Waals surface area contributed by atoms with Crippen LogP contribution in [0.5, 0.6) is 0 Å². The molecule has 2 aliphatic heterocycles. The van der Waals surface area contributed by atoms with Crippen LogP contribution in [-0.2, 0) is 14.4 Å². The van der Waals surface area contributed by atoms with E-state index in [1.807, 2.05) is 47.1 Å². The Labute approximate surface area is 173 Å². The Bertz CT molecular complexity index is 713. The number of hydrogen-bond acceptors (Lipinski definition) is 3. The molecule has 2 fully saturated rings. The Hall–Kier alpha value is -2.37. The van der Waals surface area contributed by atoms with Gasteiger partial charge in [0.15, 0.2) is 0 Å². The van der Waals surface area contributed by atoms with Gasteiger partial charge in [-0.15, -0.1) is 0 Å². The maximum Gasteiger partial charge on any atom is 0.225 e. The molecule has 0 spiro atoms. The lowest BCUT2D eigenvalue weighted by Gasteiger charge is -2.33. The number of carbonyl (C=O) groups excluding carboxylic acids is 3. The van der Waals surface area contributed by atoms with Gasteiger partial charge < -0.3 is 15.1 Å². The van der Waals surface area contributed by atoms with E-state index in [0.29, 0.717) is 26.1 Å². The normalized spacial score (nSPS) is 21.3. The first-order chi connectivity index (χ1) is 14.0. The lowest BCUT2D eigenvalue weighted by atomic mass is 10.0. The molecule has 2 saturated heterocycles. The minimum atomic E-state index is -0.294. The van der Waals surface area contributed by atoms with Gasteiger partial charge in [-0.1, -0.05) is 43.7 Å². The van der Waals surface area contributed by atoms with Crippen molar-refractivity contribution in [3.8, 4) is 0 Å². The van der Waals surface area contributed by atoms with Crippen LogP contribution in [0.3, 0.4) is 0 Å². The lowest BCUT2D eigenvalue weighted by molar-refractivity contribution is -0.133. The summed E-state index contributed by atoms with van der Waals surface area (Å²) < 4.78 is 0. The third kappa shape index (κ3) is 5.37. The van der Waals surface area contributed by atoms with Crippen LogP contribution < -0.4 is 5.32 Å². The highest BCUT2D eigenvalue weighted by molar-refractivity contribution is 5.89. The molecule has 2 atom stereocenters. The number of likely N-dealkylation sites (tertiary alicyclic amines) is 2. The fourth-order valence-corrected chi connectivity index (χ4v) is 4.27. The minimum Gasteiger partial charge on any atom is -0.353 e. The minimum absolute atomic E-state index is 0.0288.